The first-order valence-corrected chi connectivity index (χ1v) is 10.5. The van der Waals surface area contributed by atoms with Crippen molar-refractivity contribution >= 4 is 11.6 Å². The summed E-state index contributed by atoms with van der Waals surface area (Å²) in [7, 11) is 0. The number of alkyl halides is 3. The lowest BCUT2D eigenvalue weighted by Gasteiger charge is -2.35. The van der Waals surface area contributed by atoms with Crippen molar-refractivity contribution in [3.63, 3.8) is 0 Å². The van der Waals surface area contributed by atoms with E-state index in [2.05, 4.69) is 24.1 Å². The van der Waals surface area contributed by atoms with E-state index in [4.69, 9.17) is 0 Å². The van der Waals surface area contributed by atoms with Gasteiger partial charge in [-0.05, 0) is 11.6 Å². The van der Waals surface area contributed by atoms with Crippen LogP contribution in [-0.2, 0) is 16.6 Å². The van der Waals surface area contributed by atoms with E-state index in [9.17, 15) is 18.0 Å². The summed E-state index contributed by atoms with van der Waals surface area (Å²) in [5.41, 5.74) is 3.54. The van der Waals surface area contributed by atoms with Crippen LogP contribution in [0, 0.1) is 0 Å². The summed E-state index contributed by atoms with van der Waals surface area (Å²) >= 11 is 0. The lowest BCUT2D eigenvalue weighted by Crippen LogP contribution is -2.58. The van der Waals surface area contributed by atoms with Gasteiger partial charge in [0.25, 0.3) is 0 Å². The van der Waals surface area contributed by atoms with Gasteiger partial charge in [0, 0.05) is 55.5 Å². The molecule has 1 atom stereocenters. The Bertz CT molecular complexity index is 946. The zero-order valence-electron chi connectivity index (χ0n) is 17.7. The Labute approximate surface area is 180 Å². The number of hydrogen-bond acceptors (Lipinski definition) is 4. The first-order valence-electron chi connectivity index (χ1n) is 10.5. The number of halogens is 3. The molecule has 2 aromatic rings. The highest BCUT2D eigenvalue weighted by molar-refractivity contribution is 5.97. The highest BCUT2D eigenvalue weighted by Gasteiger charge is 2.43. The summed E-state index contributed by atoms with van der Waals surface area (Å²) in [4.78, 5) is 21.1. The molecule has 1 unspecified atom stereocenters. The van der Waals surface area contributed by atoms with Gasteiger partial charge in [0.05, 0.1) is 12.2 Å². The third-order valence-electron chi connectivity index (χ3n) is 6.05. The van der Waals surface area contributed by atoms with Gasteiger partial charge >= 0.3 is 6.18 Å². The highest BCUT2D eigenvalue weighted by Crippen LogP contribution is 2.40. The SMILES string of the molecule is CC1(C)CN(C(=O)CN2CCNC(C(F)(F)F)C2)c2cc(Cc3ccccc3)ncc21. The lowest BCUT2D eigenvalue weighted by atomic mass is 9.88. The number of anilines is 1. The second kappa shape index (κ2) is 8.24. The number of amides is 1. The van der Waals surface area contributed by atoms with Crippen molar-refractivity contribution in [2.75, 3.05) is 37.6 Å². The van der Waals surface area contributed by atoms with E-state index >= 15 is 0 Å². The fourth-order valence-corrected chi connectivity index (χ4v) is 4.37. The molecule has 1 fully saturated rings. The molecular weight excluding hydrogens is 405 g/mol. The van der Waals surface area contributed by atoms with E-state index in [-0.39, 0.29) is 31.0 Å². The number of aromatic nitrogens is 1. The van der Waals surface area contributed by atoms with Crippen LogP contribution < -0.4 is 10.2 Å². The maximum Gasteiger partial charge on any atom is 0.405 e. The van der Waals surface area contributed by atoms with Crippen molar-refractivity contribution in [2.24, 2.45) is 0 Å². The molecule has 3 heterocycles. The minimum atomic E-state index is -4.32. The van der Waals surface area contributed by atoms with E-state index < -0.39 is 12.2 Å². The number of hydrogen-bond donors (Lipinski definition) is 1. The fraction of sp³-hybridized carbons (Fsp3) is 0.478. The summed E-state index contributed by atoms with van der Waals surface area (Å²) in [5, 5.41) is 2.49. The fourth-order valence-electron chi connectivity index (χ4n) is 4.37. The van der Waals surface area contributed by atoms with Gasteiger partial charge in [0.15, 0.2) is 0 Å². The van der Waals surface area contributed by atoms with Crippen LogP contribution in [0.3, 0.4) is 0 Å². The molecule has 1 amide bonds. The minimum absolute atomic E-state index is 0.0277. The van der Waals surface area contributed by atoms with Crippen LogP contribution in [0.5, 0.6) is 0 Å². The van der Waals surface area contributed by atoms with Crippen LogP contribution >= 0.6 is 0 Å². The molecule has 2 aliphatic heterocycles. The van der Waals surface area contributed by atoms with Crippen LogP contribution in [0.2, 0.25) is 0 Å². The van der Waals surface area contributed by atoms with E-state index in [0.29, 0.717) is 19.5 Å². The van der Waals surface area contributed by atoms with Gasteiger partial charge in [-0.15, -0.1) is 0 Å². The number of nitrogens with zero attached hydrogens (tertiary/aromatic N) is 3. The minimum Gasteiger partial charge on any atom is -0.310 e. The number of fused-ring (bicyclic) bond motifs is 1. The van der Waals surface area contributed by atoms with Crippen LogP contribution in [0.25, 0.3) is 0 Å². The summed E-state index contributed by atoms with van der Waals surface area (Å²) in [6.45, 7) is 4.99. The van der Waals surface area contributed by atoms with Crippen molar-refractivity contribution in [3.8, 4) is 0 Å². The molecule has 5 nitrogen and oxygen atoms in total. The molecule has 166 valence electrons. The topological polar surface area (TPSA) is 48.5 Å². The highest BCUT2D eigenvalue weighted by atomic mass is 19.4. The van der Waals surface area contributed by atoms with E-state index in [1.165, 1.54) is 0 Å². The molecule has 0 spiro atoms. The molecular formula is C23H27F3N4O. The maximum absolute atomic E-state index is 13.2. The summed E-state index contributed by atoms with van der Waals surface area (Å²) < 4.78 is 39.3. The Hall–Kier alpha value is -2.45. The molecule has 0 radical (unpaired) electrons. The first-order chi connectivity index (χ1) is 14.6. The summed E-state index contributed by atoms with van der Waals surface area (Å²) in [5.74, 6) is -0.175. The number of carbonyl (C=O) groups excluding carboxylic acids is 1. The molecule has 8 heteroatoms. The largest absolute Gasteiger partial charge is 0.405 e. The number of rotatable bonds is 4. The Kier molecular flexibility index (Phi) is 5.79. The Morgan fingerprint density at radius 3 is 2.71 bits per heavy atom. The van der Waals surface area contributed by atoms with E-state index in [1.807, 2.05) is 42.6 Å². The maximum atomic E-state index is 13.2. The number of piperazine rings is 1. The normalized spacial score (nSPS) is 21.2. The second-order valence-electron chi connectivity index (χ2n) is 9.00. The Morgan fingerprint density at radius 2 is 2.00 bits per heavy atom. The van der Waals surface area contributed by atoms with Gasteiger partial charge in [-0.1, -0.05) is 44.2 Å². The predicted octanol–water partition coefficient (Wildman–Crippen LogP) is 3.13. The van der Waals surface area contributed by atoms with Crippen LogP contribution in [0.15, 0.2) is 42.6 Å². The lowest BCUT2D eigenvalue weighted by molar-refractivity contribution is -0.165. The van der Waals surface area contributed by atoms with Gasteiger partial charge in [-0.2, -0.15) is 13.2 Å². The van der Waals surface area contributed by atoms with E-state index in [1.54, 1.807) is 9.80 Å². The Balaban J connectivity index is 1.52. The second-order valence-corrected chi connectivity index (χ2v) is 9.00. The molecule has 2 aliphatic rings. The van der Waals surface area contributed by atoms with Crippen molar-refractivity contribution in [1.82, 2.24) is 15.2 Å². The monoisotopic (exact) mass is 432 g/mol. The molecule has 4 rings (SSSR count). The first kappa shape index (κ1) is 21.8. The molecule has 0 saturated carbocycles. The number of nitrogens with one attached hydrogen (secondary N) is 1. The van der Waals surface area contributed by atoms with Crippen LogP contribution in [0.1, 0.15) is 30.7 Å². The molecule has 1 aromatic heterocycles. The summed E-state index contributed by atoms with van der Waals surface area (Å²) in [6, 6.07) is 10.3. The van der Waals surface area contributed by atoms with Crippen LogP contribution in [-0.4, -0.2) is 60.7 Å². The van der Waals surface area contributed by atoms with Crippen molar-refractivity contribution in [1.29, 1.82) is 0 Å². The third-order valence-corrected chi connectivity index (χ3v) is 6.05. The molecule has 1 saturated heterocycles. The Morgan fingerprint density at radius 1 is 1.26 bits per heavy atom. The molecule has 1 aromatic carbocycles. The zero-order valence-corrected chi connectivity index (χ0v) is 17.7. The van der Waals surface area contributed by atoms with Gasteiger partial charge in [-0.25, -0.2) is 0 Å². The number of benzene rings is 1. The van der Waals surface area contributed by atoms with Gasteiger partial charge in [0.1, 0.15) is 6.04 Å². The van der Waals surface area contributed by atoms with E-state index in [0.717, 1.165) is 22.5 Å². The van der Waals surface area contributed by atoms with Crippen LogP contribution in [0.4, 0.5) is 18.9 Å². The van der Waals surface area contributed by atoms with Gasteiger partial charge in [0.2, 0.25) is 5.91 Å². The van der Waals surface area contributed by atoms with Crippen molar-refractivity contribution < 1.29 is 18.0 Å². The number of pyridine rings is 1. The average molecular weight is 432 g/mol. The molecule has 0 bridgehead atoms. The van der Waals surface area contributed by atoms with Crippen molar-refractivity contribution in [2.45, 2.75) is 37.9 Å². The number of carbonyl (C=O) groups is 1. The molecule has 0 aliphatic carbocycles. The smallest absolute Gasteiger partial charge is 0.310 e. The average Bonchev–Trinajstić information content (AvgIpc) is 2.99. The molecule has 1 N–H and O–H groups in total. The quantitative estimate of drug-likeness (QED) is 0.807. The third kappa shape index (κ3) is 4.75. The zero-order chi connectivity index (χ0) is 22.2. The van der Waals surface area contributed by atoms with Gasteiger partial charge < -0.3 is 10.2 Å². The summed E-state index contributed by atoms with van der Waals surface area (Å²) in [6.07, 6.45) is -1.82. The van der Waals surface area contributed by atoms with Gasteiger partial charge in [-0.3, -0.25) is 14.7 Å². The molecule has 31 heavy (non-hydrogen) atoms. The van der Waals surface area contributed by atoms with Crippen molar-refractivity contribution in [3.05, 3.63) is 59.4 Å². The standard InChI is InChI=1S/C23H27F3N4O/c1-22(2)15-30(21(31)14-29-9-8-27-20(13-29)23(24,25)26)19-11-17(28-12-18(19)22)10-16-6-4-3-5-7-16/h3-7,11-12,20,27H,8-10,13-15H2,1-2H3. The predicted molar refractivity (Wildman–Crippen MR) is 113 cm³/mol.